The molecule has 3 heteroatoms. The number of Topliss-reactive ketones (excluding diaryl/α,β-unsaturated/α-hetero) is 1. The van der Waals surface area contributed by atoms with Crippen molar-refractivity contribution in [3.8, 4) is 0 Å². The van der Waals surface area contributed by atoms with E-state index in [1.807, 2.05) is 6.92 Å². The van der Waals surface area contributed by atoms with E-state index in [4.69, 9.17) is 0 Å². The summed E-state index contributed by atoms with van der Waals surface area (Å²) in [5.41, 5.74) is 0.366. The minimum Gasteiger partial charge on any atom is -0.382 e. The Morgan fingerprint density at radius 3 is 2.68 bits per heavy atom. The van der Waals surface area contributed by atoms with Crippen LogP contribution in [0.4, 0.5) is 4.39 Å². The third kappa shape index (κ3) is 3.21. The summed E-state index contributed by atoms with van der Waals surface area (Å²) in [6.45, 7) is 4.00. The van der Waals surface area contributed by atoms with Gasteiger partial charge in [0.2, 0.25) is 0 Å². The van der Waals surface area contributed by atoms with Crippen molar-refractivity contribution in [2.24, 2.45) is 5.92 Å². The van der Waals surface area contributed by atoms with Gasteiger partial charge in [0, 0.05) is 6.42 Å². The van der Waals surface area contributed by atoms with Crippen molar-refractivity contribution in [1.82, 2.24) is 0 Å². The van der Waals surface area contributed by atoms with E-state index in [0.29, 0.717) is 24.3 Å². The molecule has 1 aromatic rings. The van der Waals surface area contributed by atoms with Crippen LogP contribution in [-0.4, -0.2) is 16.5 Å². The standard InChI is InChI=1S/C16H21FO2/c1-11-5-7-16(19,8-6-11)15(18)10-13-9-14(17)4-3-12(13)2/h3-4,9,11,19H,5-8,10H2,1-2H3. The van der Waals surface area contributed by atoms with Gasteiger partial charge in [-0.2, -0.15) is 0 Å². The lowest BCUT2D eigenvalue weighted by atomic mass is 9.76. The molecule has 19 heavy (non-hydrogen) atoms. The topological polar surface area (TPSA) is 37.3 Å². The third-order valence-electron chi connectivity index (χ3n) is 4.28. The van der Waals surface area contributed by atoms with Crippen molar-refractivity contribution < 1.29 is 14.3 Å². The van der Waals surface area contributed by atoms with Gasteiger partial charge in [-0.05, 0) is 61.8 Å². The molecule has 0 heterocycles. The van der Waals surface area contributed by atoms with Gasteiger partial charge in [-0.15, -0.1) is 0 Å². The molecule has 0 spiro atoms. The Bertz CT molecular complexity index is 474. The van der Waals surface area contributed by atoms with Gasteiger partial charge in [0.15, 0.2) is 5.78 Å². The average Bonchev–Trinajstić information content (AvgIpc) is 2.37. The van der Waals surface area contributed by atoms with E-state index in [0.717, 1.165) is 18.4 Å². The van der Waals surface area contributed by atoms with Crippen LogP contribution in [0.15, 0.2) is 18.2 Å². The van der Waals surface area contributed by atoms with E-state index in [-0.39, 0.29) is 18.0 Å². The molecule has 1 N–H and O–H groups in total. The summed E-state index contributed by atoms with van der Waals surface area (Å²) >= 11 is 0. The van der Waals surface area contributed by atoms with Gasteiger partial charge < -0.3 is 5.11 Å². The Labute approximate surface area is 113 Å². The molecule has 1 aromatic carbocycles. The molecular formula is C16H21FO2. The van der Waals surface area contributed by atoms with Gasteiger partial charge in [0.05, 0.1) is 0 Å². The molecule has 0 aromatic heterocycles. The molecule has 0 radical (unpaired) electrons. The fraction of sp³-hybridized carbons (Fsp3) is 0.562. The third-order valence-corrected chi connectivity index (χ3v) is 4.28. The van der Waals surface area contributed by atoms with Gasteiger partial charge in [-0.1, -0.05) is 13.0 Å². The summed E-state index contributed by atoms with van der Waals surface area (Å²) in [5, 5.41) is 10.4. The minimum absolute atomic E-state index is 0.120. The lowest BCUT2D eigenvalue weighted by molar-refractivity contribution is -0.140. The first-order valence-corrected chi connectivity index (χ1v) is 6.91. The van der Waals surface area contributed by atoms with Crippen molar-refractivity contribution in [2.75, 3.05) is 0 Å². The van der Waals surface area contributed by atoms with E-state index >= 15 is 0 Å². The molecule has 1 aliphatic carbocycles. The molecule has 2 nitrogen and oxygen atoms in total. The number of benzene rings is 1. The number of rotatable bonds is 3. The Hall–Kier alpha value is -1.22. The first-order valence-electron chi connectivity index (χ1n) is 6.91. The van der Waals surface area contributed by atoms with Crippen LogP contribution in [0, 0.1) is 18.7 Å². The first kappa shape index (κ1) is 14.2. The molecule has 0 amide bonds. The number of hydrogen-bond donors (Lipinski definition) is 1. The average molecular weight is 264 g/mol. The van der Waals surface area contributed by atoms with Gasteiger partial charge in [-0.25, -0.2) is 4.39 Å². The Morgan fingerprint density at radius 2 is 2.05 bits per heavy atom. The molecule has 2 rings (SSSR count). The first-order chi connectivity index (χ1) is 8.90. The maximum atomic E-state index is 13.2. The highest BCUT2D eigenvalue weighted by molar-refractivity contribution is 5.89. The zero-order chi connectivity index (χ0) is 14.0. The highest BCUT2D eigenvalue weighted by Crippen LogP contribution is 2.33. The van der Waals surface area contributed by atoms with Crippen LogP contribution in [0.5, 0.6) is 0 Å². The molecule has 104 valence electrons. The van der Waals surface area contributed by atoms with E-state index < -0.39 is 5.60 Å². The molecule has 1 saturated carbocycles. The molecule has 0 saturated heterocycles. The van der Waals surface area contributed by atoms with Crippen molar-refractivity contribution >= 4 is 5.78 Å². The lowest BCUT2D eigenvalue weighted by Crippen LogP contribution is -2.42. The largest absolute Gasteiger partial charge is 0.382 e. The molecule has 0 unspecified atom stereocenters. The smallest absolute Gasteiger partial charge is 0.168 e. The monoisotopic (exact) mass is 264 g/mol. The summed E-state index contributed by atoms with van der Waals surface area (Å²) in [6.07, 6.45) is 2.94. The number of hydrogen-bond acceptors (Lipinski definition) is 2. The zero-order valence-corrected chi connectivity index (χ0v) is 11.6. The summed E-state index contributed by atoms with van der Waals surface area (Å²) in [4.78, 5) is 12.3. The summed E-state index contributed by atoms with van der Waals surface area (Å²) in [6, 6.07) is 4.45. The Kier molecular flexibility index (Phi) is 4.04. The lowest BCUT2D eigenvalue weighted by Gasteiger charge is -2.33. The van der Waals surface area contributed by atoms with Crippen LogP contribution in [0.1, 0.15) is 43.7 Å². The maximum absolute atomic E-state index is 13.2. The fourth-order valence-electron chi connectivity index (χ4n) is 2.69. The summed E-state index contributed by atoms with van der Waals surface area (Å²) in [5.74, 6) is 0.0646. The van der Waals surface area contributed by atoms with E-state index in [1.54, 1.807) is 6.07 Å². The van der Waals surface area contributed by atoms with Crippen molar-refractivity contribution in [3.63, 3.8) is 0 Å². The number of ketones is 1. The number of halogens is 1. The van der Waals surface area contributed by atoms with Gasteiger partial charge in [0.25, 0.3) is 0 Å². The fourth-order valence-corrected chi connectivity index (χ4v) is 2.69. The molecular weight excluding hydrogens is 243 g/mol. The predicted octanol–water partition coefficient (Wildman–Crippen LogP) is 3.19. The second kappa shape index (κ2) is 5.41. The Morgan fingerprint density at radius 1 is 1.42 bits per heavy atom. The number of aryl methyl sites for hydroxylation is 1. The van der Waals surface area contributed by atoms with Crippen LogP contribution in [0.2, 0.25) is 0 Å². The van der Waals surface area contributed by atoms with Crippen LogP contribution in [0.25, 0.3) is 0 Å². The van der Waals surface area contributed by atoms with E-state index in [9.17, 15) is 14.3 Å². The SMILES string of the molecule is Cc1ccc(F)cc1CC(=O)C1(O)CCC(C)CC1. The van der Waals surface area contributed by atoms with Crippen LogP contribution >= 0.6 is 0 Å². The van der Waals surface area contributed by atoms with E-state index in [2.05, 4.69) is 6.92 Å². The number of carbonyl (C=O) groups excluding carboxylic acids is 1. The Balaban J connectivity index is 2.10. The maximum Gasteiger partial charge on any atom is 0.168 e. The van der Waals surface area contributed by atoms with Gasteiger partial charge in [0.1, 0.15) is 11.4 Å². The van der Waals surface area contributed by atoms with Gasteiger partial charge >= 0.3 is 0 Å². The van der Waals surface area contributed by atoms with Gasteiger partial charge in [-0.3, -0.25) is 4.79 Å². The number of carbonyl (C=O) groups is 1. The molecule has 0 atom stereocenters. The quantitative estimate of drug-likeness (QED) is 0.910. The normalized spacial score (nSPS) is 27.3. The highest BCUT2D eigenvalue weighted by Gasteiger charge is 2.38. The van der Waals surface area contributed by atoms with Crippen LogP contribution < -0.4 is 0 Å². The minimum atomic E-state index is -1.20. The van der Waals surface area contributed by atoms with Crippen LogP contribution in [0.3, 0.4) is 0 Å². The number of aliphatic hydroxyl groups is 1. The van der Waals surface area contributed by atoms with Crippen molar-refractivity contribution in [2.45, 2.75) is 51.6 Å². The molecule has 1 fully saturated rings. The summed E-state index contributed by atoms with van der Waals surface area (Å²) in [7, 11) is 0. The van der Waals surface area contributed by atoms with Crippen LogP contribution in [-0.2, 0) is 11.2 Å². The molecule has 1 aliphatic rings. The van der Waals surface area contributed by atoms with Crippen molar-refractivity contribution in [3.05, 3.63) is 35.1 Å². The molecule has 0 bridgehead atoms. The van der Waals surface area contributed by atoms with Crippen molar-refractivity contribution in [1.29, 1.82) is 0 Å². The predicted molar refractivity (Wildman–Crippen MR) is 72.4 cm³/mol. The second-order valence-corrected chi connectivity index (χ2v) is 5.88. The highest BCUT2D eigenvalue weighted by atomic mass is 19.1. The molecule has 0 aliphatic heterocycles. The summed E-state index contributed by atoms with van der Waals surface area (Å²) < 4.78 is 13.2. The zero-order valence-electron chi connectivity index (χ0n) is 11.6. The van der Waals surface area contributed by atoms with E-state index in [1.165, 1.54) is 12.1 Å². The second-order valence-electron chi connectivity index (χ2n) is 5.88.